The highest BCUT2D eigenvalue weighted by Gasteiger charge is 2.40. The van der Waals surface area contributed by atoms with E-state index in [4.69, 9.17) is 4.74 Å². The fourth-order valence-electron chi connectivity index (χ4n) is 3.40. The van der Waals surface area contributed by atoms with E-state index in [1.807, 2.05) is 11.8 Å². The average Bonchev–Trinajstić information content (AvgIpc) is 2.93. The number of nitrogens with zero attached hydrogens (tertiary/aromatic N) is 3. The summed E-state index contributed by atoms with van der Waals surface area (Å²) in [5, 5.41) is 10.1. The molecular weight excluding hydrogens is 270 g/mol. The molecule has 1 saturated carbocycles. The van der Waals surface area contributed by atoms with Crippen molar-refractivity contribution in [1.29, 1.82) is 0 Å². The van der Waals surface area contributed by atoms with Crippen LogP contribution in [0.15, 0.2) is 12.5 Å². The van der Waals surface area contributed by atoms with Gasteiger partial charge in [-0.1, -0.05) is 6.42 Å². The van der Waals surface area contributed by atoms with Crippen molar-refractivity contribution in [2.75, 3.05) is 19.8 Å². The number of hydrogen-bond acceptors (Lipinski definition) is 5. The van der Waals surface area contributed by atoms with Gasteiger partial charge in [0.25, 0.3) is 5.91 Å². The van der Waals surface area contributed by atoms with Gasteiger partial charge in [0.15, 0.2) is 0 Å². The highest BCUT2D eigenvalue weighted by molar-refractivity contribution is 5.95. The number of aromatic nitrogens is 2. The summed E-state index contributed by atoms with van der Waals surface area (Å²) in [6.45, 7) is 3.41. The molecule has 114 valence electrons. The van der Waals surface area contributed by atoms with Crippen molar-refractivity contribution in [3.8, 4) is 0 Å². The molecule has 1 amide bonds. The van der Waals surface area contributed by atoms with Gasteiger partial charge in [-0.3, -0.25) is 4.79 Å². The summed E-state index contributed by atoms with van der Waals surface area (Å²) in [6, 6.07) is -0.0524. The van der Waals surface area contributed by atoms with Crippen LogP contribution >= 0.6 is 0 Å². The van der Waals surface area contributed by atoms with Crippen LogP contribution in [0.3, 0.4) is 0 Å². The number of ether oxygens (including phenoxy) is 1. The van der Waals surface area contributed by atoms with Crippen molar-refractivity contribution < 1.29 is 14.6 Å². The normalized spacial score (nSPS) is 29.6. The van der Waals surface area contributed by atoms with Crippen LogP contribution in [-0.4, -0.2) is 57.8 Å². The lowest BCUT2D eigenvalue weighted by Crippen LogP contribution is -2.53. The fraction of sp³-hybridized carbons (Fsp3) is 0.667. The average molecular weight is 291 g/mol. The number of amides is 1. The summed E-state index contributed by atoms with van der Waals surface area (Å²) in [5.74, 6) is 0.0553. The minimum atomic E-state index is -0.333. The van der Waals surface area contributed by atoms with Crippen LogP contribution in [0.5, 0.6) is 0 Å². The van der Waals surface area contributed by atoms with E-state index in [0.717, 1.165) is 19.3 Å². The molecule has 2 fully saturated rings. The Morgan fingerprint density at radius 3 is 3.05 bits per heavy atom. The van der Waals surface area contributed by atoms with E-state index in [9.17, 15) is 9.90 Å². The van der Waals surface area contributed by atoms with Crippen LogP contribution in [-0.2, 0) is 4.74 Å². The molecule has 0 aromatic carbocycles. The third kappa shape index (κ3) is 2.78. The monoisotopic (exact) mass is 291 g/mol. The summed E-state index contributed by atoms with van der Waals surface area (Å²) in [6.07, 6.45) is 5.46. The molecule has 3 rings (SSSR count). The smallest absolute Gasteiger partial charge is 0.257 e. The first kappa shape index (κ1) is 14.4. The molecule has 1 aromatic heterocycles. The SMILES string of the molecule is Cc1ncncc1C(=O)N1CCOC[C@@H]1[C@H]1CCC[C@@H]1O. The molecule has 1 aromatic rings. The van der Waals surface area contributed by atoms with Crippen molar-refractivity contribution >= 4 is 5.91 Å². The lowest BCUT2D eigenvalue weighted by Gasteiger charge is -2.40. The standard InChI is InChI=1S/C15H21N3O3/c1-10-12(7-16-9-17-10)15(20)18-5-6-21-8-13(18)11-3-2-4-14(11)19/h7,9,11,13-14,19H,2-6,8H2,1H3/t11-,13-,14+/m1/s1. The molecule has 21 heavy (non-hydrogen) atoms. The molecule has 1 N–H and O–H groups in total. The molecule has 2 aliphatic rings. The van der Waals surface area contributed by atoms with Crippen molar-refractivity contribution in [3.05, 3.63) is 23.8 Å². The van der Waals surface area contributed by atoms with Crippen LogP contribution in [0.4, 0.5) is 0 Å². The zero-order chi connectivity index (χ0) is 14.8. The van der Waals surface area contributed by atoms with E-state index in [2.05, 4.69) is 9.97 Å². The Morgan fingerprint density at radius 2 is 2.33 bits per heavy atom. The minimum Gasteiger partial charge on any atom is -0.393 e. The molecule has 6 nitrogen and oxygen atoms in total. The van der Waals surface area contributed by atoms with Crippen molar-refractivity contribution in [2.45, 2.75) is 38.3 Å². The maximum absolute atomic E-state index is 12.8. The number of aliphatic hydroxyl groups excluding tert-OH is 1. The van der Waals surface area contributed by atoms with Crippen molar-refractivity contribution in [2.24, 2.45) is 5.92 Å². The molecule has 2 heterocycles. The van der Waals surface area contributed by atoms with Crippen LogP contribution < -0.4 is 0 Å². The van der Waals surface area contributed by atoms with E-state index in [1.54, 1.807) is 6.20 Å². The predicted octanol–water partition coefficient (Wildman–Crippen LogP) is 0.787. The molecule has 1 aliphatic carbocycles. The van der Waals surface area contributed by atoms with Gasteiger partial charge in [-0.25, -0.2) is 9.97 Å². The molecule has 0 radical (unpaired) electrons. The van der Waals surface area contributed by atoms with Gasteiger partial charge in [0.1, 0.15) is 6.33 Å². The Hall–Kier alpha value is -1.53. The maximum Gasteiger partial charge on any atom is 0.257 e. The van der Waals surface area contributed by atoms with Gasteiger partial charge in [0.05, 0.1) is 36.6 Å². The van der Waals surface area contributed by atoms with Crippen molar-refractivity contribution in [1.82, 2.24) is 14.9 Å². The lowest BCUT2D eigenvalue weighted by molar-refractivity contribution is -0.0384. The van der Waals surface area contributed by atoms with Gasteiger partial charge < -0.3 is 14.7 Å². The summed E-state index contributed by atoms with van der Waals surface area (Å²) in [7, 11) is 0. The molecule has 1 aliphatic heterocycles. The highest BCUT2D eigenvalue weighted by atomic mass is 16.5. The Bertz CT molecular complexity index is 523. The molecular formula is C15H21N3O3. The molecule has 0 bridgehead atoms. The van der Waals surface area contributed by atoms with Gasteiger partial charge in [-0.15, -0.1) is 0 Å². The Kier molecular flexibility index (Phi) is 4.17. The molecule has 6 heteroatoms. The van der Waals surface area contributed by atoms with E-state index in [0.29, 0.717) is 31.0 Å². The highest BCUT2D eigenvalue weighted by Crippen LogP contribution is 2.32. The molecule has 1 saturated heterocycles. The minimum absolute atomic E-state index is 0.0524. The molecule has 0 unspecified atom stereocenters. The van der Waals surface area contributed by atoms with Gasteiger partial charge in [0.2, 0.25) is 0 Å². The zero-order valence-corrected chi connectivity index (χ0v) is 12.2. The first-order valence-electron chi connectivity index (χ1n) is 7.52. The summed E-state index contributed by atoms with van der Waals surface area (Å²) >= 11 is 0. The van der Waals surface area contributed by atoms with Gasteiger partial charge in [-0.2, -0.15) is 0 Å². The second-order valence-electron chi connectivity index (χ2n) is 5.82. The Labute approximate surface area is 124 Å². The van der Waals surface area contributed by atoms with Gasteiger partial charge in [-0.05, 0) is 19.8 Å². The van der Waals surface area contributed by atoms with E-state index >= 15 is 0 Å². The summed E-state index contributed by atoms with van der Waals surface area (Å²) in [4.78, 5) is 22.7. The first-order chi connectivity index (χ1) is 10.2. The lowest BCUT2D eigenvalue weighted by atomic mass is 9.93. The van der Waals surface area contributed by atoms with Crippen molar-refractivity contribution in [3.63, 3.8) is 0 Å². The number of morpholine rings is 1. The topological polar surface area (TPSA) is 75.6 Å². The quantitative estimate of drug-likeness (QED) is 0.872. The number of hydrogen-bond donors (Lipinski definition) is 1. The number of aryl methyl sites for hydroxylation is 1. The summed E-state index contributed by atoms with van der Waals surface area (Å²) in [5.41, 5.74) is 1.23. The second kappa shape index (κ2) is 6.07. The van der Waals surface area contributed by atoms with Gasteiger partial charge >= 0.3 is 0 Å². The molecule has 0 spiro atoms. The van der Waals surface area contributed by atoms with Crippen LogP contribution in [0, 0.1) is 12.8 Å². The third-order valence-electron chi connectivity index (χ3n) is 4.59. The number of carbonyl (C=O) groups is 1. The van der Waals surface area contributed by atoms with Crippen LogP contribution in [0.1, 0.15) is 35.3 Å². The second-order valence-corrected chi connectivity index (χ2v) is 5.82. The third-order valence-corrected chi connectivity index (χ3v) is 4.59. The Morgan fingerprint density at radius 1 is 1.48 bits per heavy atom. The number of aliphatic hydroxyl groups is 1. The van der Waals surface area contributed by atoms with E-state index in [1.165, 1.54) is 6.33 Å². The largest absolute Gasteiger partial charge is 0.393 e. The molecule has 3 atom stereocenters. The number of rotatable bonds is 2. The van der Waals surface area contributed by atoms with E-state index < -0.39 is 0 Å². The first-order valence-corrected chi connectivity index (χ1v) is 7.52. The maximum atomic E-state index is 12.8. The Balaban J connectivity index is 1.84. The fourth-order valence-corrected chi connectivity index (χ4v) is 3.40. The predicted molar refractivity (Wildman–Crippen MR) is 75.8 cm³/mol. The van der Waals surface area contributed by atoms with E-state index in [-0.39, 0.29) is 24.0 Å². The summed E-state index contributed by atoms with van der Waals surface area (Å²) < 4.78 is 5.55. The van der Waals surface area contributed by atoms with Crippen LogP contribution in [0.25, 0.3) is 0 Å². The number of carbonyl (C=O) groups excluding carboxylic acids is 1. The van der Waals surface area contributed by atoms with Crippen LogP contribution in [0.2, 0.25) is 0 Å². The zero-order valence-electron chi connectivity index (χ0n) is 12.2. The van der Waals surface area contributed by atoms with Gasteiger partial charge in [0, 0.05) is 18.7 Å².